The molecule has 0 radical (unpaired) electrons. The van der Waals surface area contributed by atoms with Crippen molar-refractivity contribution in [2.45, 2.75) is 47.5 Å². The highest BCUT2D eigenvalue weighted by atomic mass is 16.2. The summed E-state index contributed by atoms with van der Waals surface area (Å²) in [5.74, 6) is 0.196. The number of nitrogens with zero attached hydrogens (tertiary/aromatic N) is 1. The van der Waals surface area contributed by atoms with Gasteiger partial charge in [0.25, 0.3) is 0 Å². The largest absolute Gasteiger partial charge is 0.342 e. The van der Waals surface area contributed by atoms with Crippen molar-refractivity contribution >= 4 is 5.91 Å². The number of aryl methyl sites for hydroxylation is 2. The van der Waals surface area contributed by atoms with Crippen LogP contribution >= 0.6 is 0 Å². The molecule has 0 fully saturated rings. The van der Waals surface area contributed by atoms with Crippen LogP contribution in [0.2, 0.25) is 0 Å². The van der Waals surface area contributed by atoms with Gasteiger partial charge < -0.3 is 10.6 Å². The Balaban J connectivity index is 2.78. The van der Waals surface area contributed by atoms with Gasteiger partial charge in [-0.25, -0.2) is 0 Å². The lowest BCUT2D eigenvalue weighted by Crippen LogP contribution is -2.43. The van der Waals surface area contributed by atoms with Crippen LogP contribution in [0.25, 0.3) is 0 Å². The maximum absolute atomic E-state index is 12.6. The van der Waals surface area contributed by atoms with Gasteiger partial charge in [-0.05, 0) is 48.9 Å². The first kappa shape index (κ1) is 17.7. The Kier molecular flexibility index (Phi) is 6.41. The number of amides is 1. The van der Waals surface area contributed by atoms with E-state index in [1.54, 1.807) is 0 Å². The van der Waals surface area contributed by atoms with E-state index in [2.05, 4.69) is 52.8 Å². The molecule has 21 heavy (non-hydrogen) atoms. The molecule has 2 N–H and O–H groups in total. The zero-order valence-corrected chi connectivity index (χ0v) is 14.2. The highest BCUT2D eigenvalue weighted by Crippen LogP contribution is 2.17. The number of nitrogens with two attached hydrogens (primary N) is 1. The number of hydrogen-bond donors (Lipinski definition) is 1. The topological polar surface area (TPSA) is 46.3 Å². The van der Waals surface area contributed by atoms with E-state index in [0.29, 0.717) is 13.0 Å². The van der Waals surface area contributed by atoms with Crippen LogP contribution in [0.4, 0.5) is 0 Å². The van der Waals surface area contributed by atoms with Crippen LogP contribution in [-0.4, -0.2) is 30.4 Å². The maximum Gasteiger partial charge on any atom is 0.227 e. The van der Waals surface area contributed by atoms with Crippen molar-refractivity contribution in [1.29, 1.82) is 0 Å². The molecule has 118 valence electrons. The molecule has 0 aromatic heterocycles. The fourth-order valence-corrected chi connectivity index (χ4v) is 2.34. The van der Waals surface area contributed by atoms with E-state index in [4.69, 9.17) is 5.73 Å². The normalized spacial score (nSPS) is 11.5. The highest BCUT2D eigenvalue weighted by Gasteiger charge is 2.23. The molecule has 0 aliphatic rings. The maximum atomic E-state index is 12.6. The van der Waals surface area contributed by atoms with E-state index < -0.39 is 0 Å². The second kappa shape index (κ2) is 7.60. The summed E-state index contributed by atoms with van der Waals surface area (Å²) in [4.78, 5) is 14.5. The minimum Gasteiger partial charge on any atom is -0.342 e. The highest BCUT2D eigenvalue weighted by molar-refractivity contribution is 5.79. The monoisotopic (exact) mass is 290 g/mol. The van der Waals surface area contributed by atoms with Crippen molar-refractivity contribution in [1.82, 2.24) is 4.90 Å². The van der Waals surface area contributed by atoms with Crippen LogP contribution in [0.1, 0.15) is 43.9 Å². The zero-order valence-electron chi connectivity index (χ0n) is 14.2. The van der Waals surface area contributed by atoms with Crippen LogP contribution in [0.15, 0.2) is 18.2 Å². The lowest BCUT2D eigenvalue weighted by atomic mass is 9.92. The molecule has 3 nitrogen and oxygen atoms in total. The molecule has 3 heteroatoms. The molecule has 1 aromatic rings. The van der Waals surface area contributed by atoms with Crippen molar-refractivity contribution < 1.29 is 4.79 Å². The van der Waals surface area contributed by atoms with Gasteiger partial charge in [0, 0.05) is 13.1 Å². The summed E-state index contributed by atoms with van der Waals surface area (Å²) in [6.07, 6.45) is 1.45. The molecule has 0 bridgehead atoms. The SMILES string of the molecule is CCCN(CC(C)(C)CN)C(=O)Cc1ccc(C)c(C)c1. The Morgan fingerprint density at radius 3 is 2.43 bits per heavy atom. The van der Waals surface area contributed by atoms with Crippen LogP contribution in [-0.2, 0) is 11.2 Å². The molecule has 0 saturated carbocycles. The van der Waals surface area contributed by atoms with Crippen LogP contribution in [0.3, 0.4) is 0 Å². The van der Waals surface area contributed by atoms with Crippen molar-refractivity contribution in [3.8, 4) is 0 Å². The standard InChI is InChI=1S/C18H30N2O/c1-6-9-20(13-18(4,5)12-19)17(21)11-16-8-7-14(2)15(3)10-16/h7-8,10H,6,9,11-13,19H2,1-5H3. The van der Waals surface area contributed by atoms with Crippen LogP contribution < -0.4 is 5.73 Å². The van der Waals surface area contributed by atoms with Gasteiger partial charge in [0.05, 0.1) is 6.42 Å². The minimum absolute atomic E-state index is 0.0337. The van der Waals surface area contributed by atoms with Gasteiger partial charge in [0.1, 0.15) is 0 Å². The molecule has 0 aliphatic carbocycles. The molecule has 0 saturated heterocycles. The molecular weight excluding hydrogens is 260 g/mol. The van der Waals surface area contributed by atoms with Crippen LogP contribution in [0, 0.1) is 19.3 Å². The van der Waals surface area contributed by atoms with E-state index in [1.807, 2.05) is 4.90 Å². The summed E-state index contributed by atoms with van der Waals surface area (Å²) >= 11 is 0. The average Bonchev–Trinajstić information content (AvgIpc) is 2.42. The fraction of sp³-hybridized carbons (Fsp3) is 0.611. The molecule has 1 amide bonds. The number of rotatable bonds is 7. The summed E-state index contributed by atoms with van der Waals surface area (Å²) in [7, 11) is 0. The molecule has 0 atom stereocenters. The summed E-state index contributed by atoms with van der Waals surface area (Å²) in [6, 6.07) is 6.26. The van der Waals surface area contributed by atoms with Crippen LogP contribution in [0.5, 0.6) is 0 Å². The fourth-order valence-electron chi connectivity index (χ4n) is 2.34. The Hall–Kier alpha value is -1.35. The number of hydrogen-bond acceptors (Lipinski definition) is 2. The van der Waals surface area contributed by atoms with Crippen molar-refractivity contribution in [3.63, 3.8) is 0 Å². The number of carbonyl (C=O) groups is 1. The third-order valence-electron chi connectivity index (χ3n) is 3.94. The molecule has 0 unspecified atom stereocenters. The Labute approximate surface area is 129 Å². The third-order valence-corrected chi connectivity index (χ3v) is 3.94. The van der Waals surface area contributed by atoms with E-state index in [0.717, 1.165) is 25.1 Å². The zero-order chi connectivity index (χ0) is 16.0. The second-order valence-corrected chi connectivity index (χ2v) is 6.78. The lowest BCUT2D eigenvalue weighted by molar-refractivity contribution is -0.131. The second-order valence-electron chi connectivity index (χ2n) is 6.78. The Morgan fingerprint density at radius 2 is 1.90 bits per heavy atom. The van der Waals surface area contributed by atoms with E-state index in [9.17, 15) is 4.79 Å². The quantitative estimate of drug-likeness (QED) is 0.839. The molecule has 1 aromatic carbocycles. The lowest BCUT2D eigenvalue weighted by Gasteiger charge is -2.32. The van der Waals surface area contributed by atoms with E-state index >= 15 is 0 Å². The van der Waals surface area contributed by atoms with E-state index in [-0.39, 0.29) is 11.3 Å². The molecule has 0 heterocycles. The van der Waals surface area contributed by atoms with E-state index in [1.165, 1.54) is 11.1 Å². The van der Waals surface area contributed by atoms with Crippen molar-refractivity contribution in [2.24, 2.45) is 11.1 Å². The molecule has 1 rings (SSSR count). The van der Waals surface area contributed by atoms with Gasteiger partial charge in [-0.2, -0.15) is 0 Å². The summed E-state index contributed by atoms with van der Waals surface area (Å²) < 4.78 is 0. The number of carbonyl (C=O) groups excluding carboxylic acids is 1. The van der Waals surface area contributed by atoms with Gasteiger partial charge in [-0.1, -0.05) is 39.0 Å². The average molecular weight is 290 g/mol. The summed E-state index contributed by atoms with van der Waals surface area (Å²) in [5, 5.41) is 0. The predicted octanol–water partition coefficient (Wildman–Crippen LogP) is 3.07. The Morgan fingerprint density at radius 1 is 1.24 bits per heavy atom. The molecular formula is C18H30N2O. The van der Waals surface area contributed by atoms with Gasteiger partial charge in [0.2, 0.25) is 5.91 Å². The van der Waals surface area contributed by atoms with Gasteiger partial charge in [-0.3, -0.25) is 4.79 Å². The van der Waals surface area contributed by atoms with Gasteiger partial charge >= 0.3 is 0 Å². The minimum atomic E-state index is -0.0337. The molecule has 0 aliphatic heterocycles. The van der Waals surface area contributed by atoms with Crippen molar-refractivity contribution in [2.75, 3.05) is 19.6 Å². The van der Waals surface area contributed by atoms with Gasteiger partial charge in [-0.15, -0.1) is 0 Å². The first-order valence-corrected chi connectivity index (χ1v) is 7.83. The predicted molar refractivity (Wildman–Crippen MR) is 89.3 cm³/mol. The van der Waals surface area contributed by atoms with Gasteiger partial charge in [0.15, 0.2) is 0 Å². The summed E-state index contributed by atoms with van der Waals surface area (Å²) in [5.41, 5.74) is 9.37. The summed E-state index contributed by atoms with van der Waals surface area (Å²) in [6.45, 7) is 12.6. The molecule has 0 spiro atoms. The number of benzene rings is 1. The smallest absolute Gasteiger partial charge is 0.227 e. The van der Waals surface area contributed by atoms with Crippen molar-refractivity contribution in [3.05, 3.63) is 34.9 Å². The third kappa shape index (κ3) is 5.50. The first-order chi connectivity index (χ1) is 9.79. The Bertz CT molecular complexity index is 480. The first-order valence-electron chi connectivity index (χ1n) is 7.83.